The monoisotopic (exact) mass is 529 g/mol. The molecule has 0 amide bonds. The number of carboxylic acid groups (broad SMARTS) is 1. The molecule has 11 heteroatoms. The molecule has 0 radical (unpaired) electrons. The maximum Gasteiger partial charge on any atom is 0.357 e. The van der Waals surface area contributed by atoms with E-state index in [4.69, 9.17) is 23.7 Å². The van der Waals surface area contributed by atoms with Gasteiger partial charge in [-0.25, -0.2) is 9.59 Å². The summed E-state index contributed by atoms with van der Waals surface area (Å²) in [7, 11) is 3.51. The predicted octanol–water partition coefficient (Wildman–Crippen LogP) is 1.45. The fourth-order valence-electron chi connectivity index (χ4n) is 6.63. The molecule has 2 heterocycles. The smallest absolute Gasteiger partial charge is 0.357 e. The van der Waals surface area contributed by atoms with E-state index in [0.29, 0.717) is 30.9 Å². The van der Waals surface area contributed by atoms with Crippen LogP contribution in [0.4, 0.5) is 0 Å². The Hall–Kier alpha value is -3.57. The summed E-state index contributed by atoms with van der Waals surface area (Å²) >= 11 is 0. The minimum atomic E-state index is -1.91. The minimum absolute atomic E-state index is 0.0111. The van der Waals surface area contributed by atoms with Gasteiger partial charge in [0.1, 0.15) is 5.76 Å². The van der Waals surface area contributed by atoms with Crippen molar-refractivity contribution in [2.75, 3.05) is 20.7 Å². The highest BCUT2D eigenvalue weighted by Gasteiger charge is 2.72. The second-order valence-corrected chi connectivity index (χ2v) is 10.3. The number of carboxylic acids is 1. The number of carbonyl (C=O) groups excluding carboxylic acids is 2. The third-order valence-electron chi connectivity index (χ3n) is 8.15. The second-order valence-electron chi connectivity index (χ2n) is 10.3. The van der Waals surface area contributed by atoms with Gasteiger partial charge >= 0.3 is 17.9 Å². The standard InChI is InChI=1S/C27H31NO10/c1-13(2)35-21(24(30)31)22(36-14(3)29)25(32)37-17-8-9-27(33)18-12-15-6-7-16(34-5)20-19(15)26(27,23(17)38-20)10-11-28(18)4/h6-8,18,21-23,33H,1,9-12H2,2-5H3,(H,30,31)/t18-,21-,22-,23+,26+,27-/m1/s1. The number of likely N-dealkylation sites (N-methyl/N-ethyl adjacent to an activating group) is 1. The zero-order chi connectivity index (χ0) is 27.6. The van der Waals surface area contributed by atoms with E-state index in [2.05, 4.69) is 11.5 Å². The molecule has 1 fully saturated rings. The second kappa shape index (κ2) is 9.02. The van der Waals surface area contributed by atoms with Gasteiger partial charge in [-0.2, -0.15) is 0 Å². The molecule has 1 spiro atoms. The Bertz CT molecular complexity index is 1260. The Kier molecular flexibility index (Phi) is 6.18. The largest absolute Gasteiger partial charge is 0.493 e. The summed E-state index contributed by atoms with van der Waals surface area (Å²) in [4.78, 5) is 39.2. The van der Waals surface area contributed by atoms with Crippen LogP contribution < -0.4 is 9.47 Å². The molecular weight excluding hydrogens is 498 g/mol. The number of aliphatic carboxylic acids is 1. The maximum atomic E-state index is 13.4. The molecule has 6 atom stereocenters. The van der Waals surface area contributed by atoms with E-state index < -0.39 is 47.2 Å². The van der Waals surface area contributed by atoms with Crippen LogP contribution >= 0.6 is 0 Å². The van der Waals surface area contributed by atoms with E-state index in [1.54, 1.807) is 6.08 Å². The fraction of sp³-hybridized carbons (Fsp3) is 0.519. The lowest BCUT2D eigenvalue weighted by Gasteiger charge is -2.61. The first-order valence-electron chi connectivity index (χ1n) is 12.4. The lowest BCUT2D eigenvalue weighted by Crippen LogP contribution is -2.74. The van der Waals surface area contributed by atoms with Gasteiger partial charge in [0.05, 0.1) is 23.9 Å². The fourth-order valence-corrected chi connectivity index (χ4v) is 6.63. The van der Waals surface area contributed by atoms with Crippen LogP contribution in [0.15, 0.2) is 36.3 Å². The number of hydrogen-bond donors (Lipinski definition) is 2. The molecule has 2 N–H and O–H groups in total. The molecule has 204 valence electrons. The van der Waals surface area contributed by atoms with Crippen molar-refractivity contribution in [3.05, 3.63) is 47.4 Å². The predicted molar refractivity (Wildman–Crippen MR) is 130 cm³/mol. The average Bonchev–Trinajstić information content (AvgIpc) is 3.20. The topological polar surface area (TPSA) is 141 Å². The van der Waals surface area contributed by atoms with Crippen molar-refractivity contribution in [2.45, 2.75) is 68.5 Å². The number of allylic oxidation sites excluding steroid dienone is 1. The summed E-state index contributed by atoms with van der Waals surface area (Å²) in [6, 6.07) is 3.60. The molecule has 1 saturated heterocycles. The van der Waals surface area contributed by atoms with Crippen LogP contribution in [0.3, 0.4) is 0 Å². The van der Waals surface area contributed by atoms with E-state index in [9.17, 15) is 24.6 Å². The van der Waals surface area contributed by atoms with Gasteiger partial charge in [0.25, 0.3) is 0 Å². The molecule has 2 bridgehead atoms. The lowest BCUT2D eigenvalue weighted by atomic mass is 9.50. The number of piperidine rings is 1. The lowest BCUT2D eigenvalue weighted by molar-refractivity contribution is -0.185. The quantitative estimate of drug-likeness (QED) is 0.373. The number of ether oxygens (including phenoxy) is 5. The van der Waals surface area contributed by atoms with Crippen molar-refractivity contribution in [3.8, 4) is 11.5 Å². The van der Waals surface area contributed by atoms with Gasteiger partial charge in [0, 0.05) is 24.9 Å². The molecule has 5 rings (SSSR count). The summed E-state index contributed by atoms with van der Waals surface area (Å²) in [5, 5.41) is 21.9. The van der Waals surface area contributed by atoms with Crippen molar-refractivity contribution in [1.82, 2.24) is 4.90 Å². The van der Waals surface area contributed by atoms with E-state index in [1.165, 1.54) is 14.0 Å². The van der Waals surface area contributed by atoms with Crippen molar-refractivity contribution >= 4 is 17.9 Å². The van der Waals surface area contributed by atoms with Crippen LogP contribution in [-0.4, -0.2) is 83.7 Å². The SMILES string of the molecule is C=C(C)O[C@@H](C(=O)O)[C@@H](OC(C)=O)C(=O)OC1=CC[C@@]2(O)[C@H]3Cc4ccc(OC)c5c4[C@@]2(CCN3C)[C@H]1O5. The number of carbonyl (C=O) groups is 3. The van der Waals surface area contributed by atoms with Crippen LogP contribution in [0.2, 0.25) is 0 Å². The minimum Gasteiger partial charge on any atom is -0.493 e. The van der Waals surface area contributed by atoms with Crippen LogP contribution in [0, 0.1) is 0 Å². The summed E-state index contributed by atoms with van der Waals surface area (Å²) in [5.41, 5.74) is -0.271. The molecule has 0 unspecified atom stereocenters. The Morgan fingerprint density at radius 2 is 1.95 bits per heavy atom. The van der Waals surface area contributed by atoms with Gasteiger partial charge in [-0.3, -0.25) is 4.79 Å². The zero-order valence-corrected chi connectivity index (χ0v) is 21.7. The third-order valence-corrected chi connectivity index (χ3v) is 8.15. The molecule has 38 heavy (non-hydrogen) atoms. The summed E-state index contributed by atoms with van der Waals surface area (Å²) in [5.74, 6) is -2.47. The normalized spacial score (nSPS) is 30.1. The number of rotatable bonds is 8. The first-order valence-corrected chi connectivity index (χ1v) is 12.4. The molecule has 0 saturated carbocycles. The van der Waals surface area contributed by atoms with Crippen LogP contribution in [-0.2, 0) is 40.4 Å². The number of hydrogen-bond acceptors (Lipinski definition) is 10. The van der Waals surface area contributed by atoms with Crippen LogP contribution in [0.1, 0.15) is 37.8 Å². The Morgan fingerprint density at radius 3 is 2.58 bits per heavy atom. The number of methoxy groups -OCH3 is 1. The molecule has 0 aromatic heterocycles. The van der Waals surface area contributed by atoms with Crippen LogP contribution in [0.25, 0.3) is 0 Å². The van der Waals surface area contributed by atoms with E-state index in [-0.39, 0.29) is 24.0 Å². The van der Waals surface area contributed by atoms with E-state index in [0.717, 1.165) is 18.1 Å². The molecule has 11 nitrogen and oxygen atoms in total. The van der Waals surface area contributed by atoms with Crippen molar-refractivity contribution in [3.63, 3.8) is 0 Å². The molecule has 4 aliphatic rings. The first kappa shape index (κ1) is 26.1. The molecular formula is C27H31NO10. The highest BCUT2D eigenvalue weighted by atomic mass is 16.6. The number of esters is 2. The highest BCUT2D eigenvalue weighted by molar-refractivity contribution is 5.87. The van der Waals surface area contributed by atoms with Gasteiger partial charge in [-0.05, 0) is 51.1 Å². The maximum absolute atomic E-state index is 13.4. The van der Waals surface area contributed by atoms with Crippen molar-refractivity contribution in [1.29, 1.82) is 0 Å². The molecule has 2 aliphatic carbocycles. The Morgan fingerprint density at radius 1 is 1.21 bits per heavy atom. The molecule has 1 aromatic rings. The average molecular weight is 530 g/mol. The summed E-state index contributed by atoms with van der Waals surface area (Å²) < 4.78 is 28.0. The first-order chi connectivity index (χ1) is 17.9. The van der Waals surface area contributed by atoms with Gasteiger partial charge < -0.3 is 38.8 Å². The summed E-state index contributed by atoms with van der Waals surface area (Å²) in [6.07, 6.45) is -1.78. The Balaban J connectivity index is 1.56. The van der Waals surface area contributed by atoms with Gasteiger partial charge in [0.2, 0.25) is 12.2 Å². The van der Waals surface area contributed by atoms with Crippen molar-refractivity contribution in [2.24, 2.45) is 0 Å². The Labute approximate surface area is 219 Å². The number of aliphatic hydroxyl groups is 1. The van der Waals surface area contributed by atoms with Gasteiger partial charge in [-0.1, -0.05) is 12.6 Å². The highest BCUT2D eigenvalue weighted by Crippen LogP contribution is 2.65. The van der Waals surface area contributed by atoms with Gasteiger partial charge in [0.15, 0.2) is 17.6 Å². The number of nitrogens with zero attached hydrogens (tertiary/aromatic N) is 1. The van der Waals surface area contributed by atoms with Crippen molar-refractivity contribution < 1.29 is 48.3 Å². The van der Waals surface area contributed by atoms with Crippen LogP contribution in [0.5, 0.6) is 11.5 Å². The summed E-state index contributed by atoms with van der Waals surface area (Å²) in [6.45, 7) is 6.64. The number of benzene rings is 1. The van der Waals surface area contributed by atoms with E-state index in [1.807, 2.05) is 19.2 Å². The molecule has 2 aliphatic heterocycles. The zero-order valence-electron chi connectivity index (χ0n) is 21.7. The number of likely N-dealkylation sites (tertiary alicyclic amines) is 1. The molecule has 1 aromatic carbocycles. The van der Waals surface area contributed by atoms with Gasteiger partial charge in [-0.15, -0.1) is 0 Å². The van der Waals surface area contributed by atoms with E-state index >= 15 is 0 Å². The third kappa shape index (κ3) is 3.59.